The zero-order valence-corrected chi connectivity index (χ0v) is 12.4. The highest BCUT2D eigenvalue weighted by Crippen LogP contribution is 2.35. The second-order valence-corrected chi connectivity index (χ2v) is 5.56. The third-order valence-electron chi connectivity index (χ3n) is 3.80. The van der Waals surface area contributed by atoms with E-state index < -0.39 is 0 Å². The minimum atomic E-state index is -0.342. The van der Waals surface area contributed by atoms with Crippen LogP contribution in [-0.2, 0) is 0 Å². The summed E-state index contributed by atoms with van der Waals surface area (Å²) in [6, 6.07) is 5.31. The van der Waals surface area contributed by atoms with Crippen LogP contribution in [0.3, 0.4) is 0 Å². The normalized spacial score (nSPS) is 19.1. The molecule has 1 saturated heterocycles. The first-order valence-electron chi connectivity index (χ1n) is 6.98. The van der Waals surface area contributed by atoms with Gasteiger partial charge < -0.3 is 10.2 Å². The first kappa shape index (κ1) is 15.1. The fraction of sp³-hybridized carbons (Fsp3) is 0.571. The van der Waals surface area contributed by atoms with Crippen molar-refractivity contribution in [3.63, 3.8) is 0 Å². The molecule has 1 heterocycles. The standard InChI is InChI=1S/C14H20ClN3O2/c1-16-8-7-12-4-2-3-9-17(12)13-6-5-11(15)10-14(13)18(19)20/h5-6,10,12,16H,2-4,7-9H2,1H3. The van der Waals surface area contributed by atoms with Gasteiger partial charge >= 0.3 is 0 Å². The number of hydrogen-bond acceptors (Lipinski definition) is 4. The predicted molar refractivity (Wildman–Crippen MR) is 81.6 cm³/mol. The molecule has 0 aliphatic carbocycles. The number of halogens is 1. The van der Waals surface area contributed by atoms with Crippen molar-refractivity contribution in [2.24, 2.45) is 0 Å². The Morgan fingerprint density at radius 1 is 1.50 bits per heavy atom. The van der Waals surface area contributed by atoms with Gasteiger partial charge in [-0.15, -0.1) is 0 Å². The van der Waals surface area contributed by atoms with Gasteiger partial charge in [0.15, 0.2) is 0 Å². The van der Waals surface area contributed by atoms with Gasteiger partial charge in [-0.05, 0) is 51.4 Å². The summed E-state index contributed by atoms with van der Waals surface area (Å²) in [5.41, 5.74) is 0.800. The summed E-state index contributed by atoms with van der Waals surface area (Å²) in [5, 5.41) is 14.8. The van der Waals surface area contributed by atoms with Crippen LogP contribution < -0.4 is 10.2 Å². The number of benzene rings is 1. The number of anilines is 1. The van der Waals surface area contributed by atoms with Gasteiger partial charge in [0.05, 0.1) is 4.92 Å². The van der Waals surface area contributed by atoms with E-state index in [9.17, 15) is 10.1 Å². The van der Waals surface area contributed by atoms with Gasteiger partial charge in [0.2, 0.25) is 0 Å². The lowest BCUT2D eigenvalue weighted by Gasteiger charge is -2.37. The van der Waals surface area contributed by atoms with Crippen LogP contribution in [-0.4, -0.2) is 31.1 Å². The van der Waals surface area contributed by atoms with Crippen molar-refractivity contribution in [2.45, 2.75) is 31.7 Å². The van der Waals surface area contributed by atoms with Crippen LogP contribution in [0, 0.1) is 10.1 Å². The molecule has 0 bridgehead atoms. The van der Waals surface area contributed by atoms with Gasteiger partial charge in [0, 0.05) is 23.7 Å². The van der Waals surface area contributed by atoms with Crippen molar-refractivity contribution in [2.75, 3.05) is 25.0 Å². The average Bonchev–Trinajstić information content (AvgIpc) is 2.45. The SMILES string of the molecule is CNCCC1CCCCN1c1ccc(Cl)cc1[N+](=O)[O-]. The van der Waals surface area contributed by atoms with Crippen molar-refractivity contribution >= 4 is 23.0 Å². The smallest absolute Gasteiger partial charge is 0.294 e. The van der Waals surface area contributed by atoms with Gasteiger partial charge in [-0.25, -0.2) is 0 Å². The van der Waals surface area contributed by atoms with Gasteiger partial charge in [-0.2, -0.15) is 0 Å². The molecule has 1 atom stereocenters. The topological polar surface area (TPSA) is 58.4 Å². The highest BCUT2D eigenvalue weighted by atomic mass is 35.5. The van der Waals surface area contributed by atoms with E-state index in [4.69, 9.17) is 11.6 Å². The number of nitrogens with one attached hydrogen (secondary N) is 1. The molecular weight excluding hydrogens is 278 g/mol. The molecule has 1 aromatic rings. The van der Waals surface area contributed by atoms with Gasteiger partial charge in [-0.1, -0.05) is 11.6 Å². The van der Waals surface area contributed by atoms with E-state index in [1.807, 2.05) is 7.05 Å². The van der Waals surface area contributed by atoms with Crippen molar-refractivity contribution in [1.29, 1.82) is 0 Å². The van der Waals surface area contributed by atoms with Gasteiger partial charge in [-0.3, -0.25) is 10.1 Å². The molecule has 1 N–H and O–H groups in total. The Hall–Kier alpha value is -1.33. The molecular formula is C14H20ClN3O2. The fourth-order valence-electron chi connectivity index (χ4n) is 2.81. The molecule has 1 aliphatic rings. The quantitative estimate of drug-likeness (QED) is 0.670. The third kappa shape index (κ3) is 3.41. The summed E-state index contributed by atoms with van der Waals surface area (Å²) in [4.78, 5) is 13.1. The summed E-state index contributed by atoms with van der Waals surface area (Å²) in [6.07, 6.45) is 4.35. The van der Waals surface area contributed by atoms with E-state index in [1.165, 1.54) is 12.5 Å². The van der Waals surface area contributed by atoms with E-state index in [1.54, 1.807) is 12.1 Å². The lowest BCUT2D eigenvalue weighted by Crippen LogP contribution is -2.41. The van der Waals surface area contributed by atoms with Crippen LogP contribution in [0.25, 0.3) is 0 Å². The van der Waals surface area contributed by atoms with Crippen LogP contribution in [0.2, 0.25) is 5.02 Å². The molecule has 6 heteroatoms. The Kier molecular flexibility index (Phi) is 5.20. The van der Waals surface area contributed by atoms with Crippen molar-refractivity contribution < 1.29 is 4.92 Å². The average molecular weight is 298 g/mol. The molecule has 20 heavy (non-hydrogen) atoms. The molecule has 110 valence electrons. The Morgan fingerprint density at radius 2 is 2.30 bits per heavy atom. The van der Waals surface area contributed by atoms with Crippen molar-refractivity contribution in [3.8, 4) is 0 Å². The summed E-state index contributed by atoms with van der Waals surface area (Å²) >= 11 is 5.89. The summed E-state index contributed by atoms with van der Waals surface area (Å²) in [7, 11) is 1.93. The van der Waals surface area contributed by atoms with Gasteiger partial charge in [0.1, 0.15) is 5.69 Å². The van der Waals surface area contributed by atoms with Crippen LogP contribution in [0.15, 0.2) is 18.2 Å². The molecule has 0 amide bonds. The van der Waals surface area contributed by atoms with E-state index in [0.29, 0.717) is 16.8 Å². The summed E-state index contributed by atoms with van der Waals surface area (Å²) in [5.74, 6) is 0. The van der Waals surface area contributed by atoms with Crippen molar-refractivity contribution in [1.82, 2.24) is 5.32 Å². The fourth-order valence-corrected chi connectivity index (χ4v) is 2.98. The highest BCUT2D eigenvalue weighted by molar-refractivity contribution is 6.30. The minimum absolute atomic E-state index is 0.105. The molecule has 2 rings (SSSR count). The Balaban J connectivity index is 2.29. The second-order valence-electron chi connectivity index (χ2n) is 5.13. The Bertz CT molecular complexity index is 481. The summed E-state index contributed by atoms with van der Waals surface area (Å²) < 4.78 is 0. The van der Waals surface area contributed by atoms with Crippen LogP contribution in [0.4, 0.5) is 11.4 Å². The Labute approximate surface area is 124 Å². The van der Waals surface area contributed by atoms with Crippen molar-refractivity contribution in [3.05, 3.63) is 33.3 Å². The maximum Gasteiger partial charge on any atom is 0.294 e. The highest BCUT2D eigenvalue weighted by Gasteiger charge is 2.27. The van der Waals surface area contributed by atoms with E-state index in [-0.39, 0.29) is 10.6 Å². The van der Waals surface area contributed by atoms with Crippen LogP contribution in [0.1, 0.15) is 25.7 Å². The van der Waals surface area contributed by atoms with E-state index in [2.05, 4.69) is 10.2 Å². The maximum atomic E-state index is 11.2. The molecule has 0 radical (unpaired) electrons. The van der Waals surface area contributed by atoms with E-state index in [0.717, 1.165) is 32.4 Å². The molecule has 1 fully saturated rings. The second kappa shape index (κ2) is 6.90. The summed E-state index contributed by atoms with van der Waals surface area (Å²) in [6.45, 7) is 1.79. The van der Waals surface area contributed by atoms with Crippen LogP contribution >= 0.6 is 11.6 Å². The maximum absolute atomic E-state index is 11.2. The Morgan fingerprint density at radius 3 is 3.00 bits per heavy atom. The first-order valence-corrected chi connectivity index (χ1v) is 7.36. The predicted octanol–water partition coefficient (Wildman–Crippen LogP) is 3.22. The van der Waals surface area contributed by atoms with Crippen LogP contribution in [0.5, 0.6) is 0 Å². The molecule has 1 unspecified atom stereocenters. The van der Waals surface area contributed by atoms with E-state index >= 15 is 0 Å². The number of nitrogens with zero attached hydrogens (tertiary/aromatic N) is 2. The molecule has 1 aliphatic heterocycles. The molecule has 0 saturated carbocycles. The molecule has 0 spiro atoms. The first-order chi connectivity index (χ1) is 9.63. The molecule has 5 nitrogen and oxygen atoms in total. The lowest BCUT2D eigenvalue weighted by molar-refractivity contribution is -0.384. The number of nitro benzene ring substituents is 1. The minimum Gasteiger partial charge on any atom is -0.363 e. The third-order valence-corrected chi connectivity index (χ3v) is 4.03. The largest absolute Gasteiger partial charge is 0.363 e. The lowest BCUT2D eigenvalue weighted by atomic mass is 9.98. The number of rotatable bonds is 5. The number of piperidine rings is 1. The van der Waals surface area contributed by atoms with Gasteiger partial charge in [0.25, 0.3) is 5.69 Å². The number of hydrogen-bond donors (Lipinski definition) is 1. The molecule has 0 aromatic heterocycles. The monoisotopic (exact) mass is 297 g/mol. The zero-order chi connectivity index (χ0) is 14.5. The molecule has 1 aromatic carbocycles. The number of nitro groups is 1. The zero-order valence-electron chi connectivity index (χ0n) is 11.6.